The van der Waals surface area contributed by atoms with Crippen molar-refractivity contribution < 1.29 is 18.3 Å². The number of amides is 1. The molecule has 8 heteroatoms. The van der Waals surface area contributed by atoms with Gasteiger partial charge < -0.3 is 10.4 Å². The molecular formula is C13H19N3O4S. The first-order chi connectivity index (χ1) is 9.85. The standard InChI is InChI=1S/C13H19N3O4S/c1-21(19,20)15-8-12(18)16-13(9-6-10(17)7-9)11-4-2-3-5-14-11/h2-5,9-10,13,15,17H,6-8H2,1H3,(H,16,18)/t9?,10?,13-/m0/s1. The predicted octanol–water partition coefficient (Wildman–Crippen LogP) is -0.441. The van der Waals surface area contributed by atoms with E-state index in [1.54, 1.807) is 18.3 Å². The number of nitrogens with one attached hydrogen (secondary N) is 2. The van der Waals surface area contributed by atoms with Crippen LogP contribution >= 0.6 is 0 Å². The zero-order valence-corrected chi connectivity index (χ0v) is 12.5. The molecule has 0 saturated heterocycles. The monoisotopic (exact) mass is 313 g/mol. The third-order valence-corrected chi connectivity index (χ3v) is 4.11. The van der Waals surface area contributed by atoms with E-state index in [1.807, 2.05) is 6.07 Å². The fourth-order valence-electron chi connectivity index (χ4n) is 2.32. The molecule has 0 radical (unpaired) electrons. The van der Waals surface area contributed by atoms with Crippen molar-refractivity contribution in [3.05, 3.63) is 30.1 Å². The third-order valence-electron chi connectivity index (χ3n) is 3.44. The van der Waals surface area contributed by atoms with Gasteiger partial charge in [-0.3, -0.25) is 9.78 Å². The molecule has 0 aliphatic heterocycles. The lowest BCUT2D eigenvalue weighted by Gasteiger charge is -2.37. The molecule has 1 aromatic rings. The lowest BCUT2D eigenvalue weighted by atomic mass is 9.76. The second-order valence-electron chi connectivity index (χ2n) is 5.28. The van der Waals surface area contributed by atoms with Gasteiger partial charge in [0.15, 0.2) is 0 Å². The van der Waals surface area contributed by atoms with Crippen molar-refractivity contribution >= 4 is 15.9 Å². The van der Waals surface area contributed by atoms with Gasteiger partial charge in [0.05, 0.1) is 30.6 Å². The zero-order chi connectivity index (χ0) is 15.5. The molecule has 1 aromatic heterocycles. The van der Waals surface area contributed by atoms with Gasteiger partial charge in [-0.15, -0.1) is 0 Å². The minimum atomic E-state index is -3.41. The van der Waals surface area contributed by atoms with Crippen molar-refractivity contribution in [1.82, 2.24) is 15.0 Å². The van der Waals surface area contributed by atoms with Gasteiger partial charge in [-0.2, -0.15) is 0 Å². The van der Waals surface area contributed by atoms with Crippen LogP contribution in [0.4, 0.5) is 0 Å². The van der Waals surface area contributed by atoms with E-state index in [9.17, 15) is 18.3 Å². The van der Waals surface area contributed by atoms with Crippen LogP contribution in [0.5, 0.6) is 0 Å². The van der Waals surface area contributed by atoms with Crippen molar-refractivity contribution in [2.45, 2.75) is 25.0 Å². The second kappa shape index (κ2) is 6.50. The molecule has 1 aliphatic carbocycles. The predicted molar refractivity (Wildman–Crippen MR) is 76.7 cm³/mol. The van der Waals surface area contributed by atoms with Crippen LogP contribution in [0.2, 0.25) is 0 Å². The molecule has 1 aliphatic rings. The largest absolute Gasteiger partial charge is 0.393 e. The maximum absolute atomic E-state index is 11.9. The van der Waals surface area contributed by atoms with Crippen LogP contribution in [-0.4, -0.2) is 43.3 Å². The summed E-state index contributed by atoms with van der Waals surface area (Å²) in [5.41, 5.74) is 0.710. The number of hydrogen-bond donors (Lipinski definition) is 3. The van der Waals surface area contributed by atoms with Gasteiger partial charge in [-0.1, -0.05) is 6.07 Å². The average molecular weight is 313 g/mol. The molecule has 116 valence electrons. The average Bonchev–Trinajstić information content (AvgIpc) is 2.40. The number of aromatic nitrogens is 1. The van der Waals surface area contributed by atoms with Crippen molar-refractivity contribution in [3.63, 3.8) is 0 Å². The summed E-state index contributed by atoms with van der Waals surface area (Å²) in [4.78, 5) is 16.1. The molecule has 3 N–H and O–H groups in total. The minimum Gasteiger partial charge on any atom is -0.393 e. The van der Waals surface area contributed by atoms with E-state index in [0.717, 1.165) is 6.26 Å². The molecule has 0 spiro atoms. The highest BCUT2D eigenvalue weighted by atomic mass is 32.2. The highest BCUT2D eigenvalue weighted by molar-refractivity contribution is 7.88. The van der Waals surface area contributed by atoms with E-state index < -0.39 is 15.9 Å². The third kappa shape index (κ3) is 4.76. The summed E-state index contributed by atoms with van der Waals surface area (Å²) in [6, 6.07) is 5.09. The maximum atomic E-state index is 11.9. The first kappa shape index (κ1) is 15.9. The summed E-state index contributed by atoms with van der Waals surface area (Å²) in [7, 11) is -3.41. The Bertz CT molecular complexity index is 585. The number of pyridine rings is 1. The first-order valence-corrected chi connectivity index (χ1v) is 8.57. The quantitative estimate of drug-likeness (QED) is 0.660. The van der Waals surface area contributed by atoms with Gasteiger partial charge in [0.25, 0.3) is 0 Å². The van der Waals surface area contributed by atoms with Crippen LogP contribution in [0.25, 0.3) is 0 Å². The lowest BCUT2D eigenvalue weighted by Crippen LogP contribution is -2.44. The molecule has 1 atom stereocenters. The summed E-state index contributed by atoms with van der Waals surface area (Å²) in [5, 5.41) is 12.2. The van der Waals surface area contributed by atoms with E-state index in [0.29, 0.717) is 18.5 Å². The highest BCUT2D eigenvalue weighted by Gasteiger charge is 2.36. The number of aliphatic hydroxyl groups is 1. The molecule has 2 rings (SSSR count). The number of rotatable bonds is 6. The minimum absolute atomic E-state index is 0.108. The Morgan fingerprint density at radius 1 is 1.48 bits per heavy atom. The van der Waals surface area contributed by atoms with Crippen molar-refractivity contribution in [2.24, 2.45) is 5.92 Å². The highest BCUT2D eigenvalue weighted by Crippen LogP contribution is 2.37. The Labute approximate surface area is 123 Å². The molecule has 7 nitrogen and oxygen atoms in total. The zero-order valence-electron chi connectivity index (χ0n) is 11.7. The summed E-state index contributed by atoms with van der Waals surface area (Å²) < 4.78 is 24.2. The van der Waals surface area contributed by atoms with E-state index in [1.165, 1.54) is 0 Å². The van der Waals surface area contributed by atoms with Gasteiger partial charge in [0.2, 0.25) is 15.9 Å². The topological polar surface area (TPSA) is 108 Å². The molecule has 21 heavy (non-hydrogen) atoms. The molecule has 1 saturated carbocycles. The summed E-state index contributed by atoms with van der Waals surface area (Å²) in [6.07, 6.45) is 3.49. The number of carbonyl (C=O) groups excluding carboxylic acids is 1. The lowest BCUT2D eigenvalue weighted by molar-refractivity contribution is -0.122. The Balaban J connectivity index is 2.01. The second-order valence-corrected chi connectivity index (χ2v) is 7.11. The molecule has 0 bridgehead atoms. The van der Waals surface area contributed by atoms with E-state index in [2.05, 4.69) is 15.0 Å². The van der Waals surface area contributed by atoms with Crippen molar-refractivity contribution in [2.75, 3.05) is 12.8 Å². The SMILES string of the molecule is CS(=O)(=O)NCC(=O)N[C@H](c1ccccn1)C1CC(O)C1. The van der Waals surface area contributed by atoms with Gasteiger partial charge >= 0.3 is 0 Å². The number of hydrogen-bond acceptors (Lipinski definition) is 5. The Morgan fingerprint density at radius 3 is 2.71 bits per heavy atom. The van der Waals surface area contributed by atoms with Gasteiger partial charge in [0, 0.05) is 6.20 Å². The first-order valence-electron chi connectivity index (χ1n) is 6.68. The van der Waals surface area contributed by atoms with E-state index in [4.69, 9.17) is 0 Å². The molecule has 1 heterocycles. The maximum Gasteiger partial charge on any atom is 0.235 e. The van der Waals surface area contributed by atoms with Crippen LogP contribution in [-0.2, 0) is 14.8 Å². The molecule has 1 amide bonds. The fraction of sp³-hybridized carbons (Fsp3) is 0.538. The van der Waals surface area contributed by atoms with Gasteiger partial charge in [-0.25, -0.2) is 13.1 Å². The Hall–Kier alpha value is -1.51. The number of carbonyl (C=O) groups is 1. The normalized spacial score (nSPS) is 23.1. The smallest absolute Gasteiger partial charge is 0.235 e. The van der Waals surface area contributed by atoms with Crippen LogP contribution in [0.1, 0.15) is 24.6 Å². The molecular weight excluding hydrogens is 294 g/mol. The van der Waals surface area contributed by atoms with Crippen molar-refractivity contribution in [3.8, 4) is 0 Å². The van der Waals surface area contributed by atoms with E-state index >= 15 is 0 Å². The number of nitrogens with zero attached hydrogens (tertiary/aromatic N) is 1. The van der Waals surface area contributed by atoms with Crippen LogP contribution in [0.3, 0.4) is 0 Å². The van der Waals surface area contributed by atoms with Crippen LogP contribution in [0, 0.1) is 5.92 Å². The van der Waals surface area contributed by atoms with Crippen molar-refractivity contribution in [1.29, 1.82) is 0 Å². The summed E-state index contributed by atoms with van der Waals surface area (Å²) in [5.74, 6) is -0.311. The van der Waals surface area contributed by atoms with Crippen LogP contribution < -0.4 is 10.0 Å². The Morgan fingerprint density at radius 2 is 2.19 bits per heavy atom. The molecule has 0 unspecified atom stereocenters. The summed E-state index contributed by atoms with van der Waals surface area (Å²) >= 11 is 0. The Kier molecular flexibility index (Phi) is 4.92. The van der Waals surface area contributed by atoms with Crippen LogP contribution in [0.15, 0.2) is 24.4 Å². The summed E-state index contributed by atoms with van der Waals surface area (Å²) in [6.45, 7) is -0.308. The molecule has 1 fully saturated rings. The van der Waals surface area contributed by atoms with Gasteiger partial charge in [-0.05, 0) is 30.9 Å². The number of aliphatic hydroxyl groups excluding tert-OH is 1. The number of sulfonamides is 1. The van der Waals surface area contributed by atoms with Gasteiger partial charge in [0.1, 0.15) is 0 Å². The molecule has 0 aromatic carbocycles. The van der Waals surface area contributed by atoms with E-state index in [-0.39, 0.29) is 24.6 Å². The fourth-order valence-corrected chi connectivity index (χ4v) is 2.71.